The van der Waals surface area contributed by atoms with E-state index in [2.05, 4.69) is 63.5 Å². The third-order valence-corrected chi connectivity index (χ3v) is 12.8. The number of fused-ring (bicyclic) bond motifs is 4. The number of nitrogens with one attached hydrogen (secondary N) is 4. The van der Waals surface area contributed by atoms with Crippen LogP contribution in [0.3, 0.4) is 0 Å². The van der Waals surface area contributed by atoms with Crippen LogP contribution in [0.25, 0.3) is 0 Å². The number of carbonyl (C=O) groups excluding carboxylic acids is 2. The van der Waals surface area contributed by atoms with E-state index < -0.39 is 6.17 Å². The van der Waals surface area contributed by atoms with E-state index in [1.165, 1.54) is 12.5 Å². The zero-order valence-electron chi connectivity index (χ0n) is 27.7. The molecule has 10 nitrogen and oxygen atoms in total. The number of alkyl halides is 1. The Labute approximate surface area is 269 Å². The molecule has 0 aromatic rings. The highest BCUT2D eigenvalue weighted by Crippen LogP contribution is 2.45. The Hall–Kier alpha value is -1.79. The van der Waals surface area contributed by atoms with Crippen molar-refractivity contribution >= 4 is 11.9 Å². The number of urea groups is 1. The Morgan fingerprint density at radius 3 is 2.60 bits per heavy atom. The number of hydrogen-bond acceptors (Lipinski definition) is 7. The fraction of sp³-hybridized carbons (Fsp3) is 0.882. The summed E-state index contributed by atoms with van der Waals surface area (Å²) in [5.41, 5.74) is 3.74. The molecule has 0 aromatic carbocycles. The zero-order valence-corrected chi connectivity index (χ0v) is 27.7. The van der Waals surface area contributed by atoms with Crippen molar-refractivity contribution in [3.05, 3.63) is 12.7 Å². The molecular weight excluding hydrogens is 571 g/mol. The van der Waals surface area contributed by atoms with Crippen LogP contribution in [0.1, 0.15) is 72.1 Å². The van der Waals surface area contributed by atoms with Gasteiger partial charge in [-0.3, -0.25) is 20.4 Å². The van der Waals surface area contributed by atoms with Crippen molar-refractivity contribution in [1.29, 1.82) is 0 Å². The molecular formula is C34H57FN8O2. The molecule has 12 atom stereocenters. The topological polar surface area (TPSA) is 95.2 Å². The Kier molecular flexibility index (Phi) is 9.20. The second kappa shape index (κ2) is 13.0. The summed E-state index contributed by atoms with van der Waals surface area (Å²) in [5, 5.41) is 13.7. The average Bonchev–Trinajstić information content (AvgIpc) is 3.45. The number of hydrazine groups is 1. The highest BCUT2D eigenvalue weighted by atomic mass is 19.1. The summed E-state index contributed by atoms with van der Waals surface area (Å²) in [6.07, 6.45) is 8.12. The Morgan fingerprint density at radius 1 is 1.00 bits per heavy atom. The van der Waals surface area contributed by atoms with Crippen molar-refractivity contribution in [2.24, 2.45) is 29.6 Å². The third-order valence-electron chi connectivity index (χ3n) is 12.8. The van der Waals surface area contributed by atoms with E-state index >= 15 is 4.39 Å². The van der Waals surface area contributed by atoms with Crippen LogP contribution in [0.15, 0.2) is 12.7 Å². The fourth-order valence-electron chi connectivity index (χ4n) is 10.8. The summed E-state index contributed by atoms with van der Waals surface area (Å²) in [5.74, 6) is 1.39. The van der Waals surface area contributed by atoms with Crippen LogP contribution < -0.4 is 21.4 Å². The van der Waals surface area contributed by atoms with E-state index in [1.807, 2.05) is 4.90 Å². The fourth-order valence-corrected chi connectivity index (χ4v) is 10.8. The first-order valence-electron chi connectivity index (χ1n) is 18.2. The first kappa shape index (κ1) is 31.8. The molecule has 4 N–H and O–H groups in total. The largest absolute Gasteiger partial charge is 0.336 e. The molecule has 6 heterocycles. The van der Waals surface area contributed by atoms with Gasteiger partial charge in [0, 0.05) is 62.8 Å². The lowest BCUT2D eigenvalue weighted by atomic mass is 9.70. The Balaban J connectivity index is 1.26. The van der Waals surface area contributed by atoms with Gasteiger partial charge in [-0.2, -0.15) is 0 Å². The monoisotopic (exact) mass is 628 g/mol. The summed E-state index contributed by atoms with van der Waals surface area (Å²) < 4.78 is 16.9. The molecule has 45 heavy (non-hydrogen) atoms. The molecule has 7 fully saturated rings. The predicted octanol–water partition coefficient (Wildman–Crippen LogP) is 2.49. The van der Waals surface area contributed by atoms with Gasteiger partial charge in [0.25, 0.3) is 0 Å². The number of carbonyl (C=O) groups is 2. The van der Waals surface area contributed by atoms with Crippen molar-refractivity contribution in [3.63, 3.8) is 0 Å². The van der Waals surface area contributed by atoms with E-state index in [0.29, 0.717) is 49.9 Å². The van der Waals surface area contributed by atoms with Crippen LogP contribution in [0.2, 0.25) is 0 Å². The van der Waals surface area contributed by atoms with Gasteiger partial charge in [-0.1, -0.05) is 33.3 Å². The van der Waals surface area contributed by atoms with Crippen LogP contribution in [0, 0.1) is 29.6 Å². The molecule has 11 heteroatoms. The minimum atomic E-state index is -0.984. The molecule has 0 aromatic heterocycles. The zero-order chi connectivity index (χ0) is 31.4. The second-order valence-electron chi connectivity index (χ2n) is 15.6. The summed E-state index contributed by atoms with van der Waals surface area (Å²) in [7, 11) is 0. The van der Waals surface area contributed by atoms with Crippen LogP contribution in [-0.4, -0.2) is 120 Å². The molecule has 1 saturated carbocycles. The molecule has 7 rings (SSSR count). The number of nitrogens with zero attached hydrogens (tertiary/aromatic N) is 4. The van der Waals surface area contributed by atoms with Gasteiger partial charge in [0.1, 0.15) is 6.17 Å². The van der Waals surface area contributed by atoms with Crippen molar-refractivity contribution in [2.45, 2.75) is 121 Å². The molecule has 3 amide bonds. The summed E-state index contributed by atoms with van der Waals surface area (Å²) in [6.45, 7) is 15.1. The lowest BCUT2D eigenvalue weighted by Crippen LogP contribution is -2.80. The van der Waals surface area contributed by atoms with Gasteiger partial charge in [-0.25, -0.2) is 14.2 Å². The minimum Gasteiger partial charge on any atom is -0.336 e. The molecule has 6 aliphatic heterocycles. The third kappa shape index (κ3) is 5.72. The van der Waals surface area contributed by atoms with Crippen LogP contribution in [0.5, 0.6) is 0 Å². The number of halogens is 1. The Bertz CT molecular complexity index is 1110. The minimum absolute atomic E-state index is 0.0218. The van der Waals surface area contributed by atoms with Crippen LogP contribution in [0.4, 0.5) is 9.18 Å². The quantitative estimate of drug-likeness (QED) is 0.357. The maximum atomic E-state index is 16.9. The van der Waals surface area contributed by atoms with E-state index in [-0.39, 0.29) is 60.3 Å². The highest BCUT2D eigenvalue weighted by molar-refractivity contribution is 5.87. The molecule has 11 unspecified atom stereocenters. The van der Waals surface area contributed by atoms with Gasteiger partial charge < -0.3 is 20.4 Å². The number of rotatable bonds is 3. The number of piperazine rings is 1. The lowest BCUT2D eigenvalue weighted by molar-refractivity contribution is -0.132. The molecule has 0 spiro atoms. The normalized spacial score (nSPS) is 44.6. The van der Waals surface area contributed by atoms with Gasteiger partial charge in [0.2, 0.25) is 5.91 Å². The average molecular weight is 629 g/mol. The number of piperidine rings is 2. The number of hydrogen-bond donors (Lipinski definition) is 4. The molecule has 6 saturated heterocycles. The van der Waals surface area contributed by atoms with Crippen LogP contribution in [-0.2, 0) is 4.79 Å². The predicted molar refractivity (Wildman–Crippen MR) is 173 cm³/mol. The maximum Gasteiger partial charge on any atom is 0.320 e. The van der Waals surface area contributed by atoms with Crippen molar-refractivity contribution in [3.8, 4) is 0 Å². The summed E-state index contributed by atoms with van der Waals surface area (Å²) >= 11 is 0. The second-order valence-corrected chi connectivity index (χ2v) is 15.6. The first-order chi connectivity index (χ1) is 21.8. The van der Waals surface area contributed by atoms with Gasteiger partial charge in [-0.15, -0.1) is 0 Å². The molecule has 2 bridgehead atoms. The van der Waals surface area contributed by atoms with E-state index in [1.54, 1.807) is 0 Å². The van der Waals surface area contributed by atoms with Gasteiger partial charge >= 0.3 is 6.03 Å². The molecule has 0 radical (unpaired) electrons. The van der Waals surface area contributed by atoms with Crippen molar-refractivity contribution in [2.75, 3.05) is 39.3 Å². The van der Waals surface area contributed by atoms with Gasteiger partial charge in [-0.05, 0) is 81.7 Å². The van der Waals surface area contributed by atoms with E-state index in [0.717, 1.165) is 58.2 Å². The lowest BCUT2D eigenvalue weighted by Gasteiger charge is -2.60. The SMILES string of the molecule is C=CC(=O)N1CCN(C2NC(=O)N3C4NC(C(F)CC42)C2CCCC4CNN(CCCCC5CCNC(C(C)C)C53)C42)[C@@H](C)C1. The standard InChI is InChI=1S/C34H57FN8O2/c1-5-27(44)40-15-16-41(21(4)19-40)32-25-17-26(35)29-24-11-8-10-23-18-37-42(30(23)24)14-7-6-9-22-12-13-36-28(20(2)3)31(22)43(33(25)38-29)34(45)39-32/h5,20-26,28-33,36-38H,1,6-19H2,2-4H3,(H,39,45)/t21-,22?,23?,24?,25?,26?,28?,29?,30?,31?,32?,33?/m0/s1. The van der Waals surface area contributed by atoms with E-state index in [4.69, 9.17) is 0 Å². The maximum absolute atomic E-state index is 16.9. The Morgan fingerprint density at radius 2 is 1.82 bits per heavy atom. The smallest absolute Gasteiger partial charge is 0.320 e. The van der Waals surface area contributed by atoms with Gasteiger partial charge in [0.15, 0.2) is 0 Å². The summed E-state index contributed by atoms with van der Waals surface area (Å²) in [4.78, 5) is 33.4. The van der Waals surface area contributed by atoms with Crippen molar-refractivity contribution < 1.29 is 14.0 Å². The molecule has 7 aliphatic rings. The van der Waals surface area contributed by atoms with Crippen molar-refractivity contribution in [1.82, 2.24) is 41.1 Å². The summed E-state index contributed by atoms with van der Waals surface area (Å²) in [6, 6.07) is 0.325. The van der Waals surface area contributed by atoms with E-state index in [9.17, 15) is 9.59 Å². The number of amides is 3. The molecule has 252 valence electrons. The first-order valence-corrected chi connectivity index (χ1v) is 18.2. The molecule has 1 aliphatic carbocycles. The van der Waals surface area contributed by atoms with Gasteiger partial charge in [0.05, 0.1) is 18.4 Å². The highest BCUT2D eigenvalue weighted by Gasteiger charge is 2.57. The van der Waals surface area contributed by atoms with Crippen LogP contribution >= 0.6 is 0 Å².